The topological polar surface area (TPSA) is 73.4 Å². The van der Waals surface area contributed by atoms with E-state index in [1.807, 2.05) is 0 Å². The van der Waals surface area contributed by atoms with Crippen LogP contribution < -0.4 is 10.6 Å². The molecule has 1 fully saturated rings. The average molecular weight is 196 g/mol. The van der Waals surface area contributed by atoms with Gasteiger partial charge in [-0.1, -0.05) is 0 Å². The molecule has 6 nitrogen and oxygen atoms in total. The third kappa shape index (κ3) is 1.33. The van der Waals surface area contributed by atoms with Gasteiger partial charge in [0.25, 0.3) is 0 Å². The quantitative estimate of drug-likeness (QED) is 0.705. The summed E-state index contributed by atoms with van der Waals surface area (Å²) in [4.78, 5) is 12.9. The Morgan fingerprint density at radius 3 is 3.07 bits per heavy atom. The molecular weight excluding hydrogens is 184 g/mol. The standard InChI is InChI=1S/C8H12N4O2/c1-11-7(2-3-10-11)12-5-6(4-9)14-8(12)13/h2-3,6H,4-5,9H2,1H3/t6-/m1/s1. The van der Waals surface area contributed by atoms with Crippen LogP contribution in [0.25, 0.3) is 0 Å². The van der Waals surface area contributed by atoms with Crippen molar-refractivity contribution in [3.8, 4) is 0 Å². The molecule has 6 heteroatoms. The molecule has 1 atom stereocenters. The summed E-state index contributed by atoms with van der Waals surface area (Å²) in [5.74, 6) is 0.728. The van der Waals surface area contributed by atoms with Crippen LogP contribution in [0, 0.1) is 0 Å². The van der Waals surface area contributed by atoms with Crippen molar-refractivity contribution in [2.45, 2.75) is 6.10 Å². The van der Waals surface area contributed by atoms with E-state index in [1.165, 1.54) is 4.90 Å². The largest absolute Gasteiger partial charge is 0.443 e. The summed E-state index contributed by atoms with van der Waals surface area (Å²) in [7, 11) is 1.78. The second kappa shape index (κ2) is 3.30. The van der Waals surface area contributed by atoms with Crippen molar-refractivity contribution in [1.29, 1.82) is 0 Å². The molecule has 0 unspecified atom stereocenters. The minimum atomic E-state index is -0.357. The van der Waals surface area contributed by atoms with E-state index in [1.54, 1.807) is 24.0 Å². The van der Waals surface area contributed by atoms with E-state index in [0.29, 0.717) is 13.1 Å². The number of hydrogen-bond donors (Lipinski definition) is 1. The van der Waals surface area contributed by atoms with E-state index in [0.717, 1.165) is 5.82 Å². The van der Waals surface area contributed by atoms with E-state index in [2.05, 4.69) is 5.10 Å². The first-order chi connectivity index (χ1) is 6.72. The number of aromatic nitrogens is 2. The molecule has 76 valence electrons. The maximum absolute atomic E-state index is 11.4. The highest BCUT2D eigenvalue weighted by molar-refractivity contribution is 5.88. The van der Waals surface area contributed by atoms with Crippen LogP contribution in [0.4, 0.5) is 10.6 Å². The van der Waals surface area contributed by atoms with Crippen LogP contribution in [-0.4, -0.2) is 35.1 Å². The van der Waals surface area contributed by atoms with Crippen molar-refractivity contribution < 1.29 is 9.53 Å². The summed E-state index contributed by atoms with van der Waals surface area (Å²) in [5.41, 5.74) is 5.42. The first-order valence-electron chi connectivity index (χ1n) is 4.38. The van der Waals surface area contributed by atoms with Crippen LogP contribution >= 0.6 is 0 Å². The highest BCUT2D eigenvalue weighted by Gasteiger charge is 2.32. The van der Waals surface area contributed by atoms with Crippen LogP contribution in [0.15, 0.2) is 12.3 Å². The van der Waals surface area contributed by atoms with E-state index in [-0.39, 0.29) is 12.2 Å². The summed E-state index contributed by atoms with van der Waals surface area (Å²) in [6.07, 6.45) is 1.07. The second-order valence-corrected chi connectivity index (χ2v) is 3.17. The fourth-order valence-corrected chi connectivity index (χ4v) is 1.46. The van der Waals surface area contributed by atoms with Gasteiger partial charge in [0, 0.05) is 19.7 Å². The van der Waals surface area contributed by atoms with Crippen LogP contribution in [0.2, 0.25) is 0 Å². The zero-order valence-corrected chi connectivity index (χ0v) is 7.88. The number of hydrogen-bond acceptors (Lipinski definition) is 4. The molecule has 0 radical (unpaired) electrons. The molecule has 2 rings (SSSR count). The molecule has 2 heterocycles. The molecule has 1 aromatic rings. The normalized spacial score (nSPS) is 21.4. The molecule has 1 aliphatic rings. The minimum Gasteiger partial charge on any atom is -0.443 e. The summed E-state index contributed by atoms with van der Waals surface area (Å²) in [6, 6.07) is 1.76. The number of cyclic esters (lactones) is 1. The third-order valence-electron chi connectivity index (χ3n) is 2.21. The predicted octanol–water partition coefficient (Wildman–Crippen LogP) is -0.296. The van der Waals surface area contributed by atoms with Crippen molar-refractivity contribution in [1.82, 2.24) is 9.78 Å². The van der Waals surface area contributed by atoms with E-state index in [9.17, 15) is 4.79 Å². The number of aryl methyl sites for hydroxylation is 1. The molecule has 0 saturated carbocycles. The van der Waals surface area contributed by atoms with Gasteiger partial charge in [0.05, 0.1) is 12.7 Å². The molecule has 14 heavy (non-hydrogen) atoms. The molecule has 0 aliphatic carbocycles. The van der Waals surface area contributed by atoms with Crippen molar-refractivity contribution in [3.05, 3.63) is 12.3 Å². The van der Waals surface area contributed by atoms with Crippen molar-refractivity contribution >= 4 is 11.9 Å². The molecule has 0 spiro atoms. The molecular formula is C8H12N4O2. The lowest BCUT2D eigenvalue weighted by Crippen LogP contribution is -2.28. The van der Waals surface area contributed by atoms with E-state index >= 15 is 0 Å². The fourth-order valence-electron chi connectivity index (χ4n) is 1.46. The Labute approximate surface area is 81.2 Å². The molecule has 0 aromatic carbocycles. The fraction of sp³-hybridized carbons (Fsp3) is 0.500. The number of carbonyl (C=O) groups is 1. The van der Waals surface area contributed by atoms with Gasteiger partial charge in [-0.3, -0.25) is 9.58 Å². The number of amides is 1. The molecule has 2 N–H and O–H groups in total. The van der Waals surface area contributed by atoms with E-state index in [4.69, 9.17) is 10.5 Å². The first-order valence-corrected chi connectivity index (χ1v) is 4.38. The van der Waals surface area contributed by atoms with E-state index < -0.39 is 0 Å². The van der Waals surface area contributed by atoms with Crippen molar-refractivity contribution in [2.75, 3.05) is 18.0 Å². The Morgan fingerprint density at radius 2 is 2.57 bits per heavy atom. The summed E-state index contributed by atoms with van der Waals surface area (Å²) < 4.78 is 6.65. The maximum atomic E-state index is 11.4. The van der Waals surface area contributed by atoms with Gasteiger partial charge in [-0.05, 0) is 0 Å². The molecule has 1 aromatic heterocycles. The third-order valence-corrected chi connectivity index (χ3v) is 2.21. The van der Waals surface area contributed by atoms with Gasteiger partial charge in [-0.2, -0.15) is 5.10 Å². The highest BCUT2D eigenvalue weighted by atomic mass is 16.6. The number of nitrogens with zero attached hydrogens (tertiary/aromatic N) is 3. The second-order valence-electron chi connectivity index (χ2n) is 3.17. The SMILES string of the molecule is Cn1nccc1N1C[C@@H](CN)OC1=O. The first kappa shape index (κ1) is 9.01. The average Bonchev–Trinajstić information content (AvgIpc) is 2.72. The molecule has 0 bridgehead atoms. The Kier molecular flexibility index (Phi) is 2.12. The number of anilines is 1. The maximum Gasteiger partial charge on any atom is 0.415 e. The summed E-state index contributed by atoms with van der Waals surface area (Å²) in [5, 5.41) is 3.98. The Bertz CT molecular complexity index is 349. The highest BCUT2D eigenvalue weighted by Crippen LogP contribution is 2.19. The molecule has 1 amide bonds. The summed E-state index contributed by atoms with van der Waals surface area (Å²) >= 11 is 0. The van der Waals surface area contributed by atoms with Crippen LogP contribution in [0.5, 0.6) is 0 Å². The lowest BCUT2D eigenvalue weighted by atomic mass is 10.3. The minimum absolute atomic E-state index is 0.211. The van der Waals surface area contributed by atoms with Crippen molar-refractivity contribution in [2.24, 2.45) is 12.8 Å². The Hall–Kier alpha value is -1.56. The van der Waals surface area contributed by atoms with Gasteiger partial charge in [0.1, 0.15) is 11.9 Å². The van der Waals surface area contributed by atoms with Gasteiger partial charge in [0.15, 0.2) is 0 Å². The van der Waals surface area contributed by atoms with Gasteiger partial charge in [-0.25, -0.2) is 4.79 Å². The number of ether oxygens (including phenoxy) is 1. The molecule has 1 saturated heterocycles. The predicted molar refractivity (Wildman–Crippen MR) is 49.9 cm³/mol. The number of nitrogens with two attached hydrogens (primary N) is 1. The molecule has 1 aliphatic heterocycles. The number of rotatable bonds is 2. The van der Waals surface area contributed by atoms with Gasteiger partial charge in [-0.15, -0.1) is 0 Å². The van der Waals surface area contributed by atoms with Gasteiger partial charge >= 0.3 is 6.09 Å². The van der Waals surface area contributed by atoms with Gasteiger partial charge < -0.3 is 10.5 Å². The monoisotopic (exact) mass is 196 g/mol. The van der Waals surface area contributed by atoms with Crippen LogP contribution in [0.3, 0.4) is 0 Å². The summed E-state index contributed by atoms with van der Waals surface area (Å²) in [6.45, 7) is 0.842. The Balaban J connectivity index is 2.20. The number of carbonyl (C=O) groups excluding carboxylic acids is 1. The lowest BCUT2D eigenvalue weighted by molar-refractivity contribution is 0.145. The van der Waals surface area contributed by atoms with Crippen molar-refractivity contribution in [3.63, 3.8) is 0 Å². The zero-order valence-electron chi connectivity index (χ0n) is 7.88. The zero-order chi connectivity index (χ0) is 10.1. The van der Waals surface area contributed by atoms with Crippen LogP contribution in [0.1, 0.15) is 0 Å². The Morgan fingerprint density at radius 1 is 1.79 bits per heavy atom. The van der Waals surface area contributed by atoms with Crippen LogP contribution in [-0.2, 0) is 11.8 Å². The smallest absolute Gasteiger partial charge is 0.415 e. The lowest BCUT2D eigenvalue weighted by Gasteiger charge is -2.11. The van der Waals surface area contributed by atoms with Gasteiger partial charge in [0.2, 0.25) is 0 Å².